The highest BCUT2D eigenvalue weighted by atomic mass is 15.4. The van der Waals surface area contributed by atoms with E-state index in [4.69, 9.17) is 11.0 Å². The number of nitrogens with two attached hydrogens (primary N) is 1. The Morgan fingerprint density at radius 3 is 3.17 bits per heavy atom. The second-order valence-electron chi connectivity index (χ2n) is 4.48. The van der Waals surface area contributed by atoms with Crippen LogP contribution in [0.25, 0.3) is 0 Å². The molecule has 2 aromatic rings. The number of hydrogen-bond donors (Lipinski definition) is 1. The molecule has 0 fully saturated rings. The number of benzene rings is 1. The van der Waals surface area contributed by atoms with Crippen molar-refractivity contribution in [2.45, 2.75) is 25.3 Å². The fourth-order valence-electron chi connectivity index (χ4n) is 2.51. The first-order valence-electron chi connectivity index (χ1n) is 5.98. The number of aryl methyl sites for hydroxylation is 1. The van der Waals surface area contributed by atoms with Gasteiger partial charge in [0.1, 0.15) is 5.82 Å². The van der Waals surface area contributed by atoms with Crippen molar-refractivity contribution >= 4 is 5.95 Å². The third kappa shape index (κ3) is 1.72. The van der Waals surface area contributed by atoms with Crippen molar-refractivity contribution in [3.05, 3.63) is 41.2 Å². The van der Waals surface area contributed by atoms with Crippen molar-refractivity contribution in [2.75, 3.05) is 5.73 Å². The molecule has 0 bridgehead atoms. The summed E-state index contributed by atoms with van der Waals surface area (Å²) in [6, 6.07) is 9.84. The molecule has 1 aliphatic rings. The molecule has 1 atom stereocenters. The van der Waals surface area contributed by atoms with E-state index in [0.717, 1.165) is 30.8 Å². The Bertz CT molecular complexity index is 623. The molecule has 3 rings (SSSR count). The molecule has 0 amide bonds. The third-order valence-corrected chi connectivity index (χ3v) is 3.31. The summed E-state index contributed by atoms with van der Waals surface area (Å²) in [6.45, 7) is 0.869. The predicted molar refractivity (Wildman–Crippen MR) is 66.7 cm³/mol. The standard InChI is InChI=1S/C13H13N5/c14-8-9-3-1-4-10(7-9)11-5-2-6-18-12(11)16-13(15)17-18/h1,3-4,7,11H,2,5-6H2,(H2,15,17). The molecule has 0 saturated carbocycles. The molecule has 2 heterocycles. The smallest absolute Gasteiger partial charge is 0.239 e. The van der Waals surface area contributed by atoms with Crippen LogP contribution in [-0.2, 0) is 6.54 Å². The first-order valence-corrected chi connectivity index (χ1v) is 5.98. The van der Waals surface area contributed by atoms with E-state index in [1.165, 1.54) is 0 Å². The summed E-state index contributed by atoms with van der Waals surface area (Å²) in [4.78, 5) is 4.31. The van der Waals surface area contributed by atoms with Gasteiger partial charge in [0.2, 0.25) is 5.95 Å². The molecule has 90 valence electrons. The number of hydrogen-bond acceptors (Lipinski definition) is 4. The third-order valence-electron chi connectivity index (χ3n) is 3.31. The molecule has 0 aliphatic carbocycles. The SMILES string of the molecule is N#Cc1cccc(C2CCCn3nc(N)nc32)c1. The van der Waals surface area contributed by atoms with Crippen molar-refractivity contribution in [3.8, 4) is 6.07 Å². The van der Waals surface area contributed by atoms with Crippen molar-refractivity contribution in [1.29, 1.82) is 5.26 Å². The summed E-state index contributed by atoms with van der Waals surface area (Å²) in [7, 11) is 0. The van der Waals surface area contributed by atoms with Gasteiger partial charge in [-0.25, -0.2) is 4.68 Å². The van der Waals surface area contributed by atoms with Crippen LogP contribution in [0.3, 0.4) is 0 Å². The lowest BCUT2D eigenvalue weighted by atomic mass is 9.90. The van der Waals surface area contributed by atoms with Crippen LogP contribution in [-0.4, -0.2) is 14.8 Å². The Labute approximate surface area is 105 Å². The normalized spacial score (nSPS) is 18.1. The molecule has 0 radical (unpaired) electrons. The highest BCUT2D eigenvalue weighted by Gasteiger charge is 2.25. The minimum atomic E-state index is 0.192. The van der Waals surface area contributed by atoms with Crippen LogP contribution in [0, 0.1) is 11.3 Å². The molecule has 1 unspecified atom stereocenters. The second kappa shape index (κ2) is 4.15. The lowest BCUT2D eigenvalue weighted by Crippen LogP contribution is -2.18. The maximum absolute atomic E-state index is 8.96. The lowest BCUT2D eigenvalue weighted by molar-refractivity contribution is 0.446. The van der Waals surface area contributed by atoms with Crippen LogP contribution < -0.4 is 5.73 Å². The molecule has 5 nitrogen and oxygen atoms in total. The van der Waals surface area contributed by atoms with Crippen LogP contribution in [0.1, 0.15) is 35.7 Å². The number of rotatable bonds is 1. The number of fused-ring (bicyclic) bond motifs is 1. The maximum Gasteiger partial charge on any atom is 0.239 e. The fraction of sp³-hybridized carbons (Fsp3) is 0.308. The van der Waals surface area contributed by atoms with Gasteiger partial charge < -0.3 is 5.73 Å². The van der Waals surface area contributed by atoms with Gasteiger partial charge in [0.05, 0.1) is 11.6 Å². The van der Waals surface area contributed by atoms with Gasteiger partial charge in [-0.2, -0.15) is 10.2 Å². The average Bonchev–Trinajstić information content (AvgIpc) is 2.78. The Balaban J connectivity index is 2.05. The van der Waals surface area contributed by atoms with Crippen LogP contribution in [0.15, 0.2) is 24.3 Å². The zero-order valence-electron chi connectivity index (χ0n) is 9.87. The van der Waals surface area contributed by atoms with E-state index in [0.29, 0.717) is 11.5 Å². The molecule has 1 aliphatic heterocycles. The van der Waals surface area contributed by atoms with Crippen LogP contribution in [0.5, 0.6) is 0 Å². The number of nitrogens with zero attached hydrogens (tertiary/aromatic N) is 4. The zero-order valence-corrected chi connectivity index (χ0v) is 9.87. The fourth-order valence-corrected chi connectivity index (χ4v) is 2.51. The number of nitriles is 1. The highest BCUT2D eigenvalue weighted by molar-refractivity contribution is 5.37. The van der Waals surface area contributed by atoms with E-state index in [1.54, 1.807) is 0 Å². The van der Waals surface area contributed by atoms with Gasteiger partial charge in [0, 0.05) is 12.5 Å². The van der Waals surface area contributed by atoms with Gasteiger partial charge in [-0.3, -0.25) is 0 Å². The van der Waals surface area contributed by atoms with Crippen molar-refractivity contribution in [1.82, 2.24) is 14.8 Å². The van der Waals surface area contributed by atoms with Gasteiger partial charge in [-0.05, 0) is 30.5 Å². The number of nitrogen functional groups attached to an aromatic ring is 1. The minimum absolute atomic E-state index is 0.192. The quantitative estimate of drug-likeness (QED) is 0.820. The van der Waals surface area contributed by atoms with Gasteiger partial charge in [0.25, 0.3) is 0 Å². The topological polar surface area (TPSA) is 80.5 Å². The molecular formula is C13H13N5. The monoisotopic (exact) mass is 239 g/mol. The van der Waals surface area contributed by atoms with E-state index >= 15 is 0 Å². The molecule has 1 aromatic carbocycles. The average molecular weight is 239 g/mol. The second-order valence-corrected chi connectivity index (χ2v) is 4.48. The summed E-state index contributed by atoms with van der Waals surface area (Å²) in [5.41, 5.74) is 7.45. The van der Waals surface area contributed by atoms with E-state index in [-0.39, 0.29) is 5.92 Å². The largest absolute Gasteiger partial charge is 0.366 e. The summed E-state index contributed by atoms with van der Waals surface area (Å²) >= 11 is 0. The van der Waals surface area contributed by atoms with Crippen molar-refractivity contribution < 1.29 is 0 Å². The highest BCUT2D eigenvalue weighted by Crippen LogP contribution is 2.32. The van der Waals surface area contributed by atoms with Crippen molar-refractivity contribution in [3.63, 3.8) is 0 Å². The van der Waals surface area contributed by atoms with E-state index in [9.17, 15) is 0 Å². The van der Waals surface area contributed by atoms with E-state index in [1.807, 2.05) is 28.9 Å². The summed E-state index contributed by atoms with van der Waals surface area (Å²) in [5.74, 6) is 1.43. The van der Waals surface area contributed by atoms with Gasteiger partial charge in [0.15, 0.2) is 0 Å². The molecule has 1 aromatic heterocycles. The van der Waals surface area contributed by atoms with Crippen LogP contribution >= 0.6 is 0 Å². The minimum Gasteiger partial charge on any atom is -0.366 e. The van der Waals surface area contributed by atoms with Crippen LogP contribution in [0.4, 0.5) is 5.95 Å². The molecule has 0 spiro atoms. The molecule has 5 heteroatoms. The first-order chi connectivity index (χ1) is 8.78. The molecule has 0 saturated heterocycles. The van der Waals surface area contributed by atoms with Gasteiger partial charge in [-0.1, -0.05) is 12.1 Å². The molecular weight excluding hydrogens is 226 g/mol. The predicted octanol–water partition coefficient (Wildman–Crippen LogP) is 1.66. The van der Waals surface area contributed by atoms with Gasteiger partial charge >= 0.3 is 0 Å². The zero-order chi connectivity index (χ0) is 12.5. The Morgan fingerprint density at radius 2 is 2.33 bits per heavy atom. The van der Waals surface area contributed by atoms with Crippen LogP contribution in [0.2, 0.25) is 0 Å². The first kappa shape index (κ1) is 10.8. The lowest BCUT2D eigenvalue weighted by Gasteiger charge is -2.22. The summed E-state index contributed by atoms with van der Waals surface area (Å²) in [5, 5.41) is 13.1. The Kier molecular flexibility index (Phi) is 2.49. The summed E-state index contributed by atoms with van der Waals surface area (Å²) < 4.78 is 1.88. The molecule has 18 heavy (non-hydrogen) atoms. The Hall–Kier alpha value is -2.35. The Morgan fingerprint density at radius 1 is 1.44 bits per heavy atom. The van der Waals surface area contributed by atoms with Crippen molar-refractivity contribution in [2.24, 2.45) is 0 Å². The van der Waals surface area contributed by atoms with Gasteiger partial charge in [-0.15, -0.1) is 5.10 Å². The molecule has 2 N–H and O–H groups in total. The van der Waals surface area contributed by atoms with E-state index in [2.05, 4.69) is 16.2 Å². The maximum atomic E-state index is 8.96. The number of aromatic nitrogens is 3. The van der Waals surface area contributed by atoms with E-state index < -0.39 is 0 Å². The number of anilines is 1. The summed E-state index contributed by atoms with van der Waals surface area (Å²) in [6.07, 6.45) is 2.07.